The number of nitrogens with zero attached hydrogens (tertiary/aromatic N) is 1. The second-order valence-electron chi connectivity index (χ2n) is 5.00. The van der Waals surface area contributed by atoms with E-state index in [0.29, 0.717) is 6.04 Å². The number of halogens is 1. The van der Waals surface area contributed by atoms with Crippen LogP contribution in [0.4, 0.5) is 5.69 Å². The molecular formula is C15H20BrNO. The Hall–Kier alpha value is -0.830. The number of carbonyl (C=O) groups is 1. The summed E-state index contributed by atoms with van der Waals surface area (Å²) >= 11 is 3.45. The molecule has 18 heavy (non-hydrogen) atoms. The van der Waals surface area contributed by atoms with Gasteiger partial charge in [-0.15, -0.1) is 0 Å². The van der Waals surface area contributed by atoms with Crippen molar-refractivity contribution in [3.05, 3.63) is 28.2 Å². The predicted octanol–water partition coefficient (Wildman–Crippen LogP) is 4.42. The Morgan fingerprint density at radius 3 is 2.72 bits per heavy atom. The number of anilines is 1. The fraction of sp³-hybridized carbons (Fsp3) is 0.533. The van der Waals surface area contributed by atoms with Gasteiger partial charge in [-0.3, -0.25) is 4.79 Å². The highest BCUT2D eigenvalue weighted by Crippen LogP contribution is 2.35. The van der Waals surface area contributed by atoms with Crippen molar-refractivity contribution >= 4 is 27.4 Å². The Morgan fingerprint density at radius 2 is 2.17 bits per heavy atom. The summed E-state index contributed by atoms with van der Waals surface area (Å²) in [6.45, 7) is 4.91. The summed E-state index contributed by atoms with van der Waals surface area (Å²) in [7, 11) is 0. The van der Waals surface area contributed by atoms with E-state index in [0.717, 1.165) is 22.3 Å². The van der Waals surface area contributed by atoms with Gasteiger partial charge in [0.05, 0.1) is 0 Å². The smallest absolute Gasteiger partial charge is 0.161 e. The minimum atomic E-state index is 0.147. The molecule has 2 rings (SSSR count). The lowest BCUT2D eigenvalue weighted by atomic mass is 10.1. The Bertz CT molecular complexity index is 440. The Balaban J connectivity index is 2.30. The molecule has 0 heterocycles. The maximum Gasteiger partial charge on any atom is 0.161 e. The van der Waals surface area contributed by atoms with Crippen molar-refractivity contribution in [1.82, 2.24) is 0 Å². The summed E-state index contributed by atoms with van der Waals surface area (Å²) in [5, 5.41) is 0. The molecule has 0 unspecified atom stereocenters. The third kappa shape index (κ3) is 3.14. The van der Waals surface area contributed by atoms with Crippen LogP contribution in [0.1, 0.15) is 49.9 Å². The maximum absolute atomic E-state index is 11.8. The van der Waals surface area contributed by atoms with E-state index >= 15 is 0 Å². The van der Waals surface area contributed by atoms with E-state index in [1.807, 2.05) is 12.1 Å². The second kappa shape index (κ2) is 5.87. The molecule has 1 aromatic rings. The zero-order chi connectivity index (χ0) is 13.1. The fourth-order valence-electron chi connectivity index (χ4n) is 2.26. The first kappa shape index (κ1) is 13.6. The normalized spacial score (nSPS) is 14.6. The molecule has 1 aliphatic carbocycles. The molecule has 0 bridgehead atoms. The molecule has 0 radical (unpaired) electrons. The third-order valence-corrected chi connectivity index (χ3v) is 3.88. The van der Waals surface area contributed by atoms with Crippen LogP contribution in [0, 0.1) is 0 Å². The second-order valence-corrected chi connectivity index (χ2v) is 5.91. The molecule has 3 heteroatoms. The van der Waals surface area contributed by atoms with Crippen LogP contribution < -0.4 is 4.90 Å². The van der Waals surface area contributed by atoms with E-state index < -0.39 is 0 Å². The molecule has 0 N–H and O–H groups in total. The zero-order valence-corrected chi connectivity index (χ0v) is 12.7. The highest BCUT2D eigenvalue weighted by molar-refractivity contribution is 9.10. The lowest BCUT2D eigenvalue weighted by Crippen LogP contribution is -2.28. The topological polar surface area (TPSA) is 20.3 Å². The summed E-state index contributed by atoms with van der Waals surface area (Å²) in [5.41, 5.74) is 1.95. The number of unbranched alkanes of at least 4 members (excludes halogenated alkanes) is 1. The van der Waals surface area contributed by atoms with Crippen molar-refractivity contribution in [3.8, 4) is 0 Å². The third-order valence-electron chi connectivity index (χ3n) is 3.39. The minimum absolute atomic E-state index is 0.147. The van der Waals surface area contributed by atoms with Gasteiger partial charge >= 0.3 is 0 Å². The standard InChI is InChI=1S/C15H20BrNO/c1-3-4-9-17(13-6-7-13)15-8-5-12(16)10-14(15)11(2)18/h5,8,10,13H,3-4,6-7,9H2,1-2H3. The van der Waals surface area contributed by atoms with Crippen LogP contribution in [0.15, 0.2) is 22.7 Å². The van der Waals surface area contributed by atoms with Gasteiger partial charge in [-0.25, -0.2) is 0 Å². The molecule has 1 fully saturated rings. The van der Waals surface area contributed by atoms with Crippen LogP contribution in [-0.2, 0) is 0 Å². The van der Waals surface area contributed by atoms with Gasteiger partial charge in [0.15, 0.2) is 5.78 Å². The van der Waals surface area contributed by atoms with Crippen molar-refractivity contribution in [3.63, 3.8) is 0 Å². The van der Waals surface area contributed by atoms with Crippen LogP contribution in [-0.4, -0.2) is 18.4 Å². The summed E-state index contributed by atoms with van der Waals surface area (Å²) in [5.74, 6) is 0.147. The van der Waals surface area contributed by atoms with Crippen LogP contribution in [0.2, 0.25) is 0 Å². The minimum Gasteiger partial charge on any atom is -0.368 e. The van der Waals surface area contributed by atoms with Gasteiger partial charge < -0.3 is 4.90 Å². The number of hydrogen-bond donors (Lipinski definition) is 0. The van der Waals surface area contributed by atoms with Crippen molar-refractivity contribution < 1.29 is 4.79 Å². The Kier molecular flexibility index (Phi) is 4.44. The maximum atomic E-state index is 11.8. The highest BCUT2D eigenvalue weighted by atomic mass is 79.9. The molecule has 0 atom stereocenters. The number of ketones is 1. The first-order chi connectivity index (χ1) is 8.63. The van der Waals surface area contributed by atoms with Gasteiger partial charge in [-0.1, -0.05) is 29.3 Å². The monoisotopic (exact) mass is 309 g/mol. The predicted molar refractivity (Wildman–Crippen MR) is 79.4 cm³/mol. The average molecular weight is 310 g/mol. The van der Waals surface area contributed by atoms with Crippen LogP contribution in [0.5, 0.6) is 0 Å². The number of hydrogen-bond acceptors (Lipinski definition) is 2. The summed E-state index contributed by atoms with van der Waals surface area (Å²) in [6.07, 6.45) is 4.90. The first-order valence-electron chi connectivity index (χ1n) is 6.70. The molecule has 0 saturated heterocycles. The van der Waals surface area contributed by atoms with Crippen LogP contribution in [0.3, 0.4) is 0 Å². The molecule has 1 aromatic carbocycles. The molecule has 0 aromatic heterocycles. The van der Waals surface area contributed by atoms with Gasteiger partial charge in [-0.2, -0.15) is 0 Å². The van der Waals surface area contributed by atoms with Gasteiger partial charge in [0.25, 0.3) is 0 Å². The van der Waals surface area contributed by atoms with E-state index in [9.17, 15) is 4.79 Å². The average Bonchev–Trinajstić information content (AvgIpc) is 3.15. The molecule has 98 valence electrons. The molecule has 0 amide bonds. The summed E-state index contributed by atoms with van der Waals surface area (Å²) < 4.78 is 0.975. The molecule has 0 aliphatic heterocycles. The first-order valence-corrected chi connectivity index (χ1v) is 7.50. The van der Waals surface area contributed by atoms with Crippen molar-refractivity contribution in [2.45, 2.75) is 45.6 Å². The Morgan fingerprint density at radius 1 is 1.44 bits per heavy atom. The SMILES string of the molecule is CCCCN(c1ccc(Br)cc1C(C)=O)C1CC1. The van der Waals surface area contributed by atoms with Crippen LogP contribution in [0.25, 0.3) is 0 Å². The molecule has 2 nitrogen and oxygen atoms in total. The van der Waals surface area contributed by atoms with Gasteiger partial charge in [0, 0.05) is 28.3 Å². The van der Waals surface area contributed by atoms with Gasteiger partial charge in [0.1, 0.15) is 0 Å². The van der Waals surface area contributed by atoms with Crippen LogP contribution >= 0.6 is 15.9 Å². The quantitative estimate of drug-likeness (QED) is 0.725. The van der Waals surface area contributed by atoms with Gasteiger partial charge in [0.2, 0.25) is 0 Å². The van der Waals surface area contributed by atoms with E-state index in [2.05, 4.69) is 33.8 Å². The number of rotatable bonds is 6. The van der Waals surface area contributed by atoms with Crippen molar-refractivity contribution in [2.24, 2.45) is 0 Å². The molecule has 1 saturated carbocycles. The number of Topliss-reactive ketones (excluding diaryl/α,β-unsaturated/α-hetero) is 1. The largest absolute Gasteiger partial charge is 0.368 e. The highest BCUT2D eigenvalue weighted by Gasteiger charge is 2.30. The van der Waals surface area contributed by atoms with Crippen molar-refractivity contribution in [1.29, 1.82) is 0 Å². The van der Waals surface area contributed by atoms with Gasteiger partial charge in [-0.05, 0) is 44.4 Å². The fourth-order valence-corrected chi connectivity index (χ4v) is 2.62. The number of carbonyl (C=O) groups excluding carboxylic acids is 1. The molecular weight excluding hydrogens is 290 g/mol. The lowest BCUT2D eigenvalue weighted by molar-refractivity contribution is 0.101. The molecule has 1 aliphatic rings. The summed E-state index contributed by atoms with van der Waals surface area (Å²) in [4.78, 5) is 14.2. The lowest BCUT2D eigenvalue weighted by Gasteiger charge is -2.26. The van der Waals surface area contributed by atoms with E-state index in [4.69, 9.17) is 0 Å². The Labute approximate surface area is 117 Å². The molecule has 0 spiro atoms. The van der Waals surface area contributed by atoms with E-state index in [1.54, 1.807) is 6.92 Å². The summed E-state index contributed by atoms with van der Waals surface area (Å²) in [6, 6.07) is 6.70. The van der Waals surface area contributed by atoms with Crippen molar-refractivity contribution in [2.75, 3.05) is 11.4 Å². The van der Waals surface area contributed by atoms with E-state index in [-0.39, 0.29) is 5.78 Å². The van der Waals surface area contributed by atoms with E-state index in [1.165, 1.54) is 25.7 Å². The number of benzene rings is 1. The zero-order valence-electron chi connectivity index (χ0n) is 11.1.